The monoisotopic (exact) mass is 242 g/mol. The van der Waals surface area contributed by atoms with Gasteiger partial charge in [-0.25, -0.2) is 4.98 Å². The van der Waals surface area contributed by atoms with Crippen molar-refractivity contribution in [2.45, 2.75) is 12.0 Å². The van der Waals surface area contributed by atoms with Crippen LogP contribution in [0.5, 0.6) is 0 Å². The van der Waals surface area contributed by atoms with Crippen LogP contribution in [0, 0.1) is 0 Å². The topological polar surface area (TPSA) is 45.2 Å². The molecular formula is C9H11BrN2O. The maximum Gasteiger partial charge on any atom is 0.109 e. The van der Waals surface area contributed by atoms with Gasteiger partial charge in [-0.3, -0.25) is 0 Å². The van der Waals surface area contributed by atoms with Crippen LogP contribution >= 0.6 is 15.9 Å². The molecule has 1 aromatic rings. The molecular weight excluding hydrogens is 232 g/mol. The van der Waals surface area contributed by atoms with Crippen molar-refractivity contribution in [1.82, 2.24) is 10.3 Å². The second-order valence-electron chi connectivity index (χ2n) is 3.46. The van der Waals surface area contributed by atoms with Crippen molar-refractivity contribution >= 4 is 15.9 Å². The molecule has 13 heavy (non-hydrogen) atoms. The van der Waals surface area contributed by atoms with Gasteiger partial charge in [0.1, 0.15) is 4.60 Å². The van der Waals surface area contributed by atoms with E-state index in [0.717, 1.165) is 10.2 Å². The van der Waals surface area contributed by atoms with Crippen molar-refractivity contribution < 1.29 is 5.11 Å². The molecule has 0 aliphatic carbocycles. The van der Waals surface area contributed by atoms with E-state index < -0.39 is 5.60 Å². The van der Waals surface area contributed by atoms with E-state index in [4.69, 9.17) is 0 Å². The molecule has 0 atom stereocenters. The zero-order valence-electron chi connectivity index (χ0n) is 7.13. The van der Waals surface area contributed by atoms with Crippen molar-refractivity contribution in [3.63, 3.8) is 0 Å². The van der Waals surface area contributed by atoms with Gasteiger partial charge in [-0.2, -0.15) is 0 Å². The third-order valence-electron chi connectivity index (χ3n) is 2.26. The first-order chi connectivity index (χ1) is 6.20. The second kappa shape index (κ2) is 3.36. The van der Waals surface area contributed by atoms with Crippen molar-refractivity contribution in [1.29, 1.82) is 0 Å². The molecule has 1 aliphatic heterocycles. The molecule has 0 aromatic carbocycles. The third-order valence-corrected chi connectivity index (χ3v) is 2.98. The van der Waals surface area contributed by atoms with Gasteiger partial charge in [0.15, 0.2) is 0 Å². The Morgan fingerprint density at radius 1 is 1.62 bits per heavy atom. The molecule has 3 nitrogen and oxygen atoms in total. The van der Waals surface area contributed by atoms with Crippen LogP contribution in [0.25, 0.3) is 0 Å². The Bertz CT molecular complexity index is 312. The third kappa shape index (κ3) is 1.90. The van der Waals surface area contributed by atoms with Gasteiger partial charge in [-0.1, -0.05) is 6.07 Å². The molecule has 0 radical (unpaired) electrons. The van der Waals surface area contributed by atoms with Gasteiger partial charge in [0.05, 0.1) is 5.60 Å². The highest BCUT2D eigenvalue weighted by Gasteiger charge is 2.34. The summed E-state index contributed by atoms with van der Waals surface area (Å²) in [5.74, 6) is 0. The van der Waals surface area contributed by atoms with Gasteiger partial charge in [-0.05, 0) is 27.6 Å². The molecule has 2 rings (SSSR count). The van der Waals surface area contributed by atoms with Crippen LogP contribution < -0.4 is 5.32 Å². The summed E-state index contributed by atoms with van der Waals surface area (Å²) in [5.41, 5.74) is 0.498. The summed E-state index contributed by atoms with van der Waals surface area (Å²) in [6.45, 7) is 1.35. The van der Waals surface area contributed by atoms with Crippen molar-refractivity contribution in [3.05, 3.63) is 28.5 Å². The average molecular weight is 243 g/mol. The quantitative estimate of drug-likeness (QED) is 0.752. The Morgan fingerprint density at radius 2 is 2.38 bits per heavy atom. The lowest BCUT2D eigenvalue weighted by molar-refractivity contribution is -0.00922. The summed E-state index contributed by atoms with van der Waals surface area (Å²) < 4.78 is 0.829. The maximum atomic E-state index is 9.88. The van der Waals surface area contributed by atoms with Gasteiger partial charge in [0, 0.05) is 25.7 Å². The van der Waals surface area contributed by atoms with Crippen LogP contribution in [0.15, 0.2) is 22.9 Å². The molecule has 1 aromatic heterocycles. The van der Waals surface area contributed by atoms with E-state index in [1.165, 1.54) is 0 Å². The molecule has 2 heterocycles. The first-order valence-corrected chi connectivity index (χ1v) is 5.01. The normalized spacial score (nSPS) is 19.5. The summed E-state index contributed by atoms with van der Waals surface area (Å²) in [4.78, 5) is 4.11. The fourth-order valence-electron chi connectivity index (χ4n) is 1.44. The van der Waals surface area contributed by atoms with E-state index >= 15 is 0 Å². The summed E-state index contributed by atoms with van der Waals surface area (Å²) in [6.07, 6.45) is 2.39. The van der Waals surface area contributed by atoms with Crippen LogP contribution in [0.4, 0.5) is 0 Å². The maximum absolute atomic E-state index is 9.88. The van der Waals surface area contributed by atoms with E-state index in [-0.39, 0.29) is 0 Å². The molecule has 0 spiro atoms. The molecule has 1 saturated heterocycles. The minimum atomic E-state index is -0.564. The largest absolute Gasteiger partial charge is 0.387 e. The smallest absolute Gasteiger partial charge is 0.109 e. The predicted molar refractivity (Wildman–Crippen MR) is 53.5 cm³/mol. The predicted octanol–water partition coefficient (Wildman–Crippen LogP) is 0.721. The number of pyridine rings is 1. The first-order valence-electron chi connectivity index (χ1n) is 4.22. The Labute approximate surface area is 85.3 Å². The van der Waals surface area contributed by atoms with Crippen LogP contribution in [0.1, 0.15) is 5.56 Å². The molecule has 4 heteroatoms. The number of halogens is 1. The number of hydrogen-bond acceptors (Lipinski definition) is 3. The van der Waals surface area contributed by atoms with Gasteiger partial charge < -0.3 is 10.4 Å². The number of hydrogen-bond donors (Lipinski definition) is 2. The highest BCUT2D eigenvalue weighted by Crippen LogP contribution is 2.21. The second-order valence-corrected chi connectivity index (χ2v) is 4.21. The number of β-amino-alcohol motifs (C(OH)–C–C–N with tert-alkyl or cyclic N) is 1. The fourth-order valence-corrected chi connectivity index (χ4v) is 1.83. The number of rotatable bonds is 2. The molecule has 1 fully saturated rings. The van der Waals surface area contributed by atoms with Crippen LogP contribution in [-0.4, -0.2) is 28.8 Å². The highest BCUT2D eigenvalue weighted by molar-refractivity contribution is 9.10. The Hall–Kier alpha value is -0.450. The zero-order valence-corrected chi connectivity index (χ0v) is 8.71. The minimum absolute atomic E-state index is 0.564. The zero-order chi connectivity index (χ0) is 9.31. The molecule has 0 amide bonds. The van der Waals surface area contributed by atoms with Gasteiger partial charge >= 0.3 is 0 Å². The SMILES string of the molecule is OC1(Cc2cccnc2Br)CNC1. The minimum Gasteiger partial charge on any atom is -0.387 e. The summed E-state index contributed by atoms with van der Waals surface area (Å²) >= 11 is 3.36. The summed E-state index contributed by atoms with van der Waals surface area (Å²) in [6, 6.07) is 3.86. The van der Waals surface area contributed by atoms with Crippen molar-refractivity contribution in [3.8, 4) is 0 Å². The van der Waals surface area contributed by atoms with E-state index in [2.05, 4.69) is 26.2 Å². The fraction of sp³-hybridized carbons (Fsp3) is 0.444. The van der Waals surface area contributed by atoms with Crippen molar-refractivity contribution in [2.24, 2.45) is 0 Å². The van der Waals surface area contributed by atoms with Crippen LogP contribution in [0.3, 0.4) is 0 Å². The number of aliphatic hydroxyl groups is 1. The van der Waals surface area contributed by atoms with Gasteiger partial charge in [0.25, 0.3) is 0 Å². The standard InChI is InChI=1S/C9H11BrN2O/c10-8-7(2-1-3-12-8)4-9(13)5-11-6-9/h1-3,11,13H,4-6H2. The summed E-state index contributed by atoms with van der Waals surface area (Å²) in [7, 11) is 0. The molecule has 0 unspecified atom stereocenters. The molecule has 1 aliphatic rings. The molecule has 0 bridgehead atoms. The lowest BCUT2D eigenvalue weighted by Crippen LogP contribution is -2.60. The summed E-state index contributed by atoms with van der Waals surface area (Å²) in [5, 5.41) is 12.9. The van der Waals surface area contributed by atoms with Gasteiger partial charge in [0.2, 0.25) is 0 Å². The number of nitrogens with one attached hydrogen (secondary N) is 1. The van der Waals surface area contributed by atoms with Crippen LogP contribution in [-0.2, 0) is 6.42 Å². The average Bonchev–Trinajstić information content (AvgIpc) is 2.06. The lowest BCUT2D eigenvalue weighted by Gasteiger charge is -2.37. The van der Waals surface area contributed by atoms with E-state index in [1.807, 2.05) is 12.1 Å². The lowest BCUT2D eigenvalue weighted by atomic mass is 9.90. The highest BCUT2D eigenvalue weighted by atomic mass is 79.9. The van der Waals surface area contributed by atoms with E-state index in [9.17, 15) is 5.11 Å². The first kappa shape index (κ1) is 9.12. The van der Waals surface area contributed by atoms with Crippen LogP contribution in [0.2, 0.25) is 0 Å². The number of aromatic nitrogens is 1. The van der Waals surface area contributed by atoms with Crippen molar-refractivity contribution in [2.75, 3.05) is 13.1 Å². The molecule has 2 N–H and O–H groups in total. The van der Waals surface area contributed by atoms with E-state index in [0.29, 0.717) is 19.5 Å². The molecule has 0 saturated carbocycles. The Morgan fingerprint density at radius 3 is 2.92 bits per heavy atom. The molecule has 70 valence electrons. The Kier molecular flexibility index (Phi) is 2.36. The van der Waals surface area contributed by atoms with Gasteiger partial charge in [-0.15, -0.1) is 0 Å². The Balaban J connectivity index is 2.13. The van der Waals surface area contributed by atoms with E-state index in [1.54, 1.807) is 6.20 Å². The number of nitrogens with zero attached hydrogens (tertiary/aromatic N) is 1.